The molecular formula is C15H25N3O2S. The molecule has 0 unspecified atom stereocenters. The Balaban J connectivity index is 1.99. The molecule has 118 valence electrons. The van der Waals surface area contributed by atoms with Crippen molar-refractivity contribution in [1.29, 1.82) is 0 Å². The van der Waals surface area contributed by atoms with E-state index in [0.717, 1.165) is 30.8 Å². The van der Waals surface area contributed by atoms with Crippen molar-refractivity contribution in [3.63, 3.8) is 0 Å². The largest absolute Gasteiger partial charge is 0.316 e. The average molecular weight is 311 g/mol. The molecule has 0 spiro atoms. The number of benzene rings is 1. The lowest BCUT2D eigenvalue weighted by Gasteiger charge is -2.15. The van der Waals surface area contributed by atoms with Gasteiger partial charge in [-0.25, -0.2) is 13.1 Å². The lowest BCUT2D eigenvalue weighted by Crippen LogP contribution is -2.33. The van der Waals surface area contributed by atoms with E-state index in [0.29, 0.717) is 18.0 Å². The van der Waals surface area contributed by atoms with E-state index >= 15 is 0 Å². The van der Waals surface area contributed by atoms with E-state index in [1.807, 2.05) is 20.0 Å². The van der Waals surface area contributed by atoms with E-state index in [1.54, 1.807) is 12.1 Å². The van der Waals surface area contributed by atoms with E-state index in [1.165, 1.54) is 12.8 Å². The van der Waals surface area contributed by atoms with E-state index in [9.17, 15) is 8.42 Å². The Labute approximate surface area is 127 Å². The van der Waals surface area contributed by atoms with Crippen LogP contribution < -0.4 is 10.0 Å². The maximum Gasteiger partial charge on any atom is 0.240 e. The van der Waals surface area contributed by atoms with Gasteiger partial charge in [0.15, 0.2) is 0 Å². The highest BCUT2D eigenvalue weighted by Crippen LogP contribution is 2.15. The molecule has 1 aromatic rings. The van der Waals surface area contributed by atoms with Crippen LogP contribution in [0, 0.1) is 6.92 Å². The van der Waals surface area contributed by atoms with Crippen LogP contribution in [0.5, 0.6) is 0 Å². The number of aryl methyl sites for hydroxylation is 1. The van der Waals surface area contributed by atoms with Crippen LogP contribution in [0.15, 0.2) is 23.1 Å². The minimum absolute atomic E-state index is 0.347. The second kappa shape index (κ2) is 7.35. The van der Waals surface area contributed by atoms with Crippen LogP contribution in [0.25, 0.3) is 0 Å². The number of hydrogen-bond acceptors (Lipinski definition) is 4. The molecule has 21 heavy (non-hydrogen) atoms. The van der Waals surface area contributed by atoms with Gasteiger partial charge in [-0.1, -0.05) is 6.07 Å². The van der Waals surface area contributed by atoms with Gasteiger partial charge in [0.25, 0.3) is 0 Å². The number of likely N-dealkylation sites (tertiary alicyclic amines) is 1. The van der Waals surface area contributed by atoms with Crippen molar-refractivity contribution < 1.29 is 8.42 Å². The van der Waals surface area contributed by atoms with Gasteiger partial charge in [0.05, 0.1) is 4.90 Å². The van der Waals surface area contributed by atoms with Crippen molar-refractivity contribution >= 4 is 10.0 Å². The molecule has 1 aliphatic rings. The molecule has 0 aliphatic carbocycles. The van der Waals surface area contributed by atoms with Gasteiger partial charge < -0.3 is 10.2 Å². The topological polar surface area (TPSA) is 61.4 Å². The summed E-state index contributed by atoms with van der Waals surface area (Å²) in [6, 6.07) is 5.29. The first-order chi connectivity index (χ1) is 10.0. The van der Waals surface area contributed by atoms with Gasteiger partial charge in [0.1, 0.15) is 0 Å². The first-order valence-electron chi connectivity index (χ1n) is 7.49. The lowest BCUT2D eigenvalue weighted by atomic mass is 10.1. The summed E-state index contributed by atoms with van der Waals surface area (Å²) in [6.45, 7) is 6.08. The third kappa shape index (κ3) is 4.51. The van der Waals surface area contributed by atoms with Gasteiger partial charge in [-0.2, -0.15) is 0 Å². The van der Waals surface area contributed by atoms with E-state index < -0.39 is 10.0 Å². The van der Waals surface area contributed by atoms with Crippen LogP contribution in [0.3, 0.4) is 0 Å². The normalized spacial score (nSPS) is 16.5. The molecular weight excluding hydrogens is 286 g/mol. The molecule has 0 bridgehead atoms. The first-order valence-corrected chi connectivity index (χ1v) is 8.97. The predicted octanol–water partition coefficient (Wildman–Crippen LogP) is 1.09. The molecule has 1 fully saturated rings. The Kier molecular flexibility index (Phi) is 5.75. The highest BCUT2D eigenvalue weighted by molar-refractivity contribution is 7.89. The fraction of sp³-hybridized carbons (Fsp3) is 0.600. The van der Waals surface area contributed by atoms with Crippen molar-refractivity contribution in [2.45, 2.75) is 31.2 Å². The molecule has 0 atom stereocenters. The lowest BCUT2D eigenvalue weighted by molar-refractivity contribution is 0.344. The molecule has 2 rings (SSSR count). The third-order valence-corrected chi connectivity index (χ3v) is 5.38. The predicted molar refractivity (Wildman–Crippen MR) is 84.8 cm³/mol. The highest BCUT2D eigenvalue weighted by Gasteiger charge is 2.16. The third-order valence-electron chi connectivity index (χ3n) is 3.92. The Morgan fingerprint density at radius 3 is 2.62 bits per heavy atom. The van der Waals surface area contributed by atoms with Gasteiger partial charge >= 0.3 is 0 Å². The Morgan fingerprint density at radius 2 is 1.95 bits per heavy atom. The van der Waals surface area contributed by atoms with Crippen molar-refractivity contribution in [3.8, 4) is 0 Å². The van der Waals surface area contributed by atoms with Gasteiger partial charge in [-0.05, 0) is 63.2 Å². The fourth-order valence-electron chi connectivity index (χ4n) is 2.62. The summed E-state index contributed by atoms with van der Waals surface area (Å²) in [5, 5.41) is 3.06. The Bertz CT molecular complexity index is 566. The summed E-state index contributed by atoms with van der Waals surface area (Å²) in [5.41, 5.74) is 2.11. The zero-order valence-corrected chi connectivity index (χ0v) is 13.7. The summed E-state index contributed by atoms with van der Waals surface area (Å²) >= 11 is 0. The molecule has 0 amide bonds. The number of hydrogen-bond donors (Lipinski definition) is 2. The van der Waals surface area contributed by atoms with Crippen molar-refractivity contribution in [3.05, 3.63) is 29.3 Å². The number of sulfonamides is 1. The number of rotatable bonds is 7. The highest BCUT2D eigenvalue weighted by atomic mass is 32.2. The average Bonchev–Trinajstić information content (AvgIpc) is 2.94. The van der Waals surface area contributed by atoms with Gasteiger partial charge in [-0.15, -0.1) is 0 Å². The molecule has 6 heteroatoms. The van der Waals surface area contributed by atoms with E-state index in [4.69, 9.17) is 0 Å². The van der Waals surface area contributed by atoms with Gasteiger partial charge in [-0.3, -0.25) is 0 Å². The SMILES string of the molecule is CNCc1cc(S(=O)(=O)NCCN2CCCC2)ccc1C. The molecule has 5 nitrogen and oxygen atoms in total. The molecule has 0 aromatic heterocycles. The van der Waals surface area contributed by atoms with Crippen LogP contribution in [0.4, 0.5) is 0 Å². The summed E-state index contributed by atoms with van der Waals surface area (Å²) in [6.07, 6.45) is 2.44. The monoisotopic (exact) mass is 311 g/mol. The fourth-order valence-corrected chi connectivity index (χ4v) is 3.69. The zero-order valence-electron chi connectivity index (χ0n) is 12.9. The maximum absolute atomic E-state index is 12.3. The van der Waals surface area contributed by atoms with E-state index in [2.05, 4.69) is 14.9 Å². The minimum atomic E-state index is -3.41. The van der Waals surface area contributed by atoms with Crippen LogP contribution in [-0.4, -0.2) is 46.5 Å². The van der Waals surface area contributed by atoms with Crippen LogP contribution in [0.1, 0.15) is 24.0 Å². The van der Waals surface area contributed by atoms with Crippen LogP contribution in [-0.2, 0) is 16.6 Å². The van der Waals surface area contributed by atoms with Gasteiger partial charge in [0.2, 0.25) is 10.0 Å². The molecule has 1 saturated heterocycles. The first kappa shape index (κ1) is 16.4. The summed E-state index contributed by atoms with van der Waals surface area (Å²) in [7, 11) is -1.56. The Hall–Kier alpha value is -0.950. The van der Waals surface area contributed by atoms with Crippen molar-refractivity contribution in [1.82, 2.24) is 14.9 Å². The number of nitrogens with zero attached hydrogens (tertiary/aromatic N) is 1. The van der Waals surface area contributed by atoms with Crippen molar-refractivity contribution in [2.24, 2.45) is 0 Å². The molecule has 1 aromatic carbocycles. The van der Waals surface area contributed by atoms with E-state index in [-0.39, 0.29) is 0 Å². The smallest absolute Gasteiger partial charge is 0.240 e. The summed E-state index contributed by atoms with van der Waals surface area (Å²) in [5.74, 6) is 0. The molecule has 1 aliphatic heterocycles. The maximum atomic E-state index is 12.3. The second-order valence-corrected chi connectivity index (χ2v) is 7.33. The van der Waals surface area contributed by atoms with Gasteiger partial charge in [0, 0.05) is 19.6 Å². The standard InChI is InChI=1S/C15H25N3O2S/c1-13-5-6-15(11-14(13)12-16-2)21(19,20)17-7-10-18-8-3-4-9-18/h5-6,11,16-17H,3-4,7-10,12H2,1-2H3. The number of nitrogens with one attached hydrogen (secondary N) is 2. The second-order valence-electron chi connectivity index (χ2n) is 5.57. The minimum Gasteiger partial charge on any atom is -0.316 e. The molecule has 2 N–H and O–H groups in total. The molecule has 0 saturated carbocycles. The quantitative estimate of drug-likeness (QED) is 0.791. The molecule has 1 heterocycles. The molecule has 0 radical (unpaired) electrons. The van der Waals surface area contributed by atoms with Crippen LogP contribution in [0.2, 0.25) is 0 Å². The van der Waals surface area contributed by atoms with Crippen molar-refractivity contribution in [2.75, 3.05) is 33.2 Å². The summed E-state index contributed by atoms with van der Waals surface area (Å²) < 4.78 is 27.3. The Morgan fingerprint density at radius 1 is 1.24 bits per heavy atom. The summed E-state index contributed by atoms with van der Waals surface area (Å²) in [4.78, 5) is 2.64. The van der Waals surface area contributed by atoms with Crippen LogP contribution >= 0.6 is 0 Å². The zero-order chi connectivity index (χ0) is 15.3.